The summed E-state index contributed by atoms with van der Waals surface area (Å²) in [6.45, 7) is 2.60. The zero-order chi connectivity index (χ0) is 14.8. The van der Waals surface area contributed by atoms with Gasteiger partial charge < -0.3 is 15.0 Å². The minimum absolute atomic E-state index is 0.00648. The lowest BCUT2D eigenvalue weighted by Crippen LogP contribution is -2.36. The van der Waals surface area contributed by atoms with Gasteiger partial charge in [-0.1, -0.05) is 12.8 Å². The van der Waals surface area contributed by atoms with Gasteiger partial charge in [-0.15, -0.1) is 0 Å². The Labute approximate surface area is 140 Å². The van der Waals surface area contributed by atoms with Gasteiger partial charge in [-0.3, -0.25) is 0 Å². The van der Waals surface area contributed by atoms with Crippen LogP contribution in [0.5, 0.6) is 0 Å². The van der Waals surface area contributed by atoms with Gasteiger partial charge in [0.1, 0.15) is 11.9 Å². The first-order valence-corrected chi connectivity index (χ1v) is 8.82. The van der Waals surface area contributed by atoms with E-state index in [2.05, 4.69) is 39.9 Å². The van der Waals surface area contributed by atoms with E-state index in [0.717, 1.165) is 31.3 Å². The summed E-state index contributed by atoms with van der Waals surface area (Å²) < 4.78 is 7.07. The molecule has 1 N–H and O–H groups in total. The normalized spacial score (nSPS) is 24.4. The van der Waals surface area contributed by atoms with E-state index in [9.17, 15) is 0 Å². The molecular weight excluding hydrogens is 379 g/mol. The van der Waals surface area contributed by atoms with Crippen LogP contribution in [0, 0.1) is 3.57 Å². The van der Waals surface area contributed by atoms with Crippen LogP contribution in [0.15, 0.2) is 0 Å². The van der Waals surface area contributed by atoms with Crippen molar-refractivity contribution in [2.45, 2.75) is 37.7 Å². The minimum Gasteiger partial charge on any atom is -0.372 e. The molecule has 1 unspecified atom stereocenters. The van der Waals surface area contributed by atoms with Crippen LogP contribution < -0.4 is 5.32 Å². The van der Waals surface area contributed by atoms with Crippen LogP contribution in [0.3, 0.4) is 0 Å². The van der Waals surface area contributed by atoms with Gasteiger partial charge in [0.25, 0.3) is 0 Å². The van der Waals surface area contributed by atoms with Gasteiger partial charge in [-0.25, -0.2) is 9.97 Å². The summed E-state index contributed by atoms with van der Waals surface area (Å²) in [5.41, 5.74) is 1.22. The van der Waals surface area contributed by atoms with Crippen molar-refractivity contribution in [2.24, 2.45) is 0 Å². The summed E-state index contributed by atoms with van der Waals surface area (Å²) in [4.78, 5) is 11.9. The van der Waals surface area contributed by atoms with Gasteiger partial charge in [0.15, 0.2) is 5.82 Å². The maximum Gasteiger partial charge on any atom is 0.161 e. The van der Waals surface area contributed by atoms with Crippen molar-refractivity contribution in [3.05, 3.63) is 15.1 Å². The summed E-state index contributed by atoms with van der Waals surface area (Å²) in [6.07, 6.45) is 5.13. The average molecular weight is 402 g/mol. The van der Waals surface area contributed by atoms with Crippen molar-refractivity contribution in [1.82, 2.24) is 14.9 Å². The smallest absolute Gasteiger partial charge is 0.161 e. The molecule has 0 bridgehead atoms. The molecule has 5 nitrogen and oxygen atoms in total. The summed E-state index contributed by atoms with van der Waals surface area (Å²) >= 11 is 2.38. The number of nitrogens with one attached hydrogen (secondary N) is 1. The van der Waals surface area contributed by atoms with Crippen LogP contribution in [0.25, 0.3) is 0 Å². The van der Waals surface area contributed by atoms with Crippen LogP contribution >= 0.6 is 22.6 Å². The second-order valence-corrected chi connectivity index (χ2v) is 7.06. The molecule has 0 spiro atoms. The Bertz CT molecular complexity index is 505. The summed E-state index contributed by atoms with van der Waals surface area (Å²) in [5, 5.41) is 3.22. The lowest BCUT2D eigenvalue weighted by molar-refractivity contribution is -0.0255. The van der Waals surface area contributed by atoms with E-state index < -0.39 is 0 Å². The van der Waals surface area contributed by atoms with Gasteiger partial charge in [0, 0.05) is 26.1 Å². The fraction of sp³-hybridized carbons (Fsp3) is 0.733. The highest BCUT2D eigenvalue weighted by Gasteiger charge is 2.28. The maximum atomic E-state index is 5.89. The second-order valence-electron chi connectivity index (χ2n) is 5.98. The third kappa shape index (κ3) is 3.32. The molecule has 1 atom stereocenters. The van der Waals surface area contributed by atoms with E-state index in [1.807, 2.05) is 7.05 Å². The Morgan fingerprint density at radius 2 is 2.05 bits per heavy atom. The number of ether oxygens (including phenoxy) is 1. The summed E-state index contributed by atoms with van der Waals surface area (Å²) in [7, 11) is 4.06. The molecule has 1 aromatic rings. The van der Waals surface area contributed by atoms with Crippen LogP contribution in [0.4, 0.5) is 5.82 Å². The molecule has 2 heterocycles. The zero-order valence-electron chi connectivity index (χ0n) is 12.7. The first kappa shape index (κ1) is 15.4. The first-order valence-electron chi connectivity index (χ1n) is 7.74. The highest BCUT2D eigenvalue weighted by atomic mass is 127. The van der Waals surface area contributed by atoms with Gasteiger partial charge in [0.05, 0.1) is 15.9 Å². The van der Waals surface area contributed by atoms with Gasteiger partial charge in [-0.05, 0) is 42.5 Å². The number of aromatic nitrogens is 2. The van der Waals surface area contributed by atoms with Crippen LogP contribution in [-0.2, 0) is 4.74 Å². The van der Waals surface area contributed by atoms with Gasteiger partial charge in [0.2, 0.25) is 0 Å². The molecule has 3 rings (SSSR count). The number of halogens is 1. The Balaban J connectivity index is 1.94. The molecule has 1 saturated carbocycles. The Morgan fingerprint density at radius 3 is 2.71 bits per heavy atom. The number of rotatable bonds is 3. The lowest BCUT2D eigenvalue weighted by atomic mass is 10.0. The fourth-order valence-corrected chi connectivity index (χ4v) is 4.15. The molecule has 2 fully saturated rings. The van der Waals surface area contributed by atoms with Crippen molar-refractivity contribution in [2.75, 3.05) is 39.1 Å². The van der Waals surface area contributed by atoms with Crippen molar-refractivity contribution in [3.8, 4) is 0 Å². The molecule has 2 aliphatic rings. The van der Waals surface area contributed by atoms with Gasteiger partial charge in [-0.2, -0.15) is 0 Å². The Hall–Kier alpha value is -0.470. The second kappa shape index (κ2) is 6.75. The molecule has 21 heavy (non-hydrogen) atoms. The van der Waals surface area contributed by atoms with Crippen molar-refractivity contribution in [3.63, 3.8) is 0 Å². The number of anilines is 1. The predicted octanol–water partition coefficient (Wildman–Crippen LogP) is 2.78. The number of hydrogen-bond acceptors (Lipinski definition) is 5. The number of likely N-dealkylation sites (N-methyl/N-ethyl adjacent to an activating group) is 1. The quantitative estimate of drug-likeness (QED) is 0.789. The van der Waals surface area contributed by atoms with E-state index in [1.165, 1.54) is 34.9 Å². The highest BCUT2D eigenvalue weighted by molar-refractivity contribution is 14.1. The number of hydrogen-bond donors (Lipinski definition) is 1. The molecule has 1 aliphatic heterocycles. The molecule has 1 aliphatic carbocycles. The number of nitrogens with zero attached hydrogens (tertiary/aromatic N) is 3. The third-order valence-corrected chi connectivity index (χ3v) is 5.49. The molecule has 1 aromatic heterocycles. The molecule has 1 saturated heterocycles. The van der Waals surface area contributed by atoms with Crippen molar-refractivity contribution >= 4 is 28.4 Å². The fourth-order valence-electron chi connectivity index (χ4n) is 3.20. The van der Waals surface area contributed by atoms with E-state index in [0.29, 0.717) is 5.92 Å². The van der Waals surface area contributed by atoms with Crippen molar-refractivity contribution < 1.29 is 4.74 Å². The topological polar surface area (TPSA) is 50.3 Å². The van der Waals surface area contributed by atoms with Crippen LogP contribution in [-0.4, -0.2) is 48.7 Å². The summed E-state index contributed by atoms with van der Waals surface area (Å²) in [6, 6.07) is 0. The molecule has 116 valence electrons. The average Bonchev–Trinajstić information content (AvgIpc) is 3.01. The molecule has 0 aromatic carbocycles. The Kier molecular flexibility index (Phi) is 4.96. The van der Waals surface area contributed by atoms with E-state index in [1.54, 1.807) is 0 Å². The van der Waals surface area contributed by atoms with Crippen molar-refractivity contribution in [1.29, 1.82) is 0 Å². The molecule has 0 radical (unpaired) electrons. The van der Waals surface area contributed by atoms with Crippen LogP contribution in [0.1, 0.15) is 49.2 Å². The van der Waals surface area contributed by atoms with E-state index in [-0.39, 0.29) is 6.10 Å². The monoisotopic (exact) mass is 402 g/mol. The standard InChI is InChI=1S/C15H23IN4O/c1-17-15-12(16)13(10-5-3-4-6-10)18-14(19-15)11-9-20(2)7-8-21-11/h10-11H,3-9H2,1-2H3,(H,17,18,19). The maximum absolute atomic E-state index is 5.89. The predicted molar refractivity (Wildman–Crippen MR) is 91.7 cm³/mol. The lowest BCUT2D eigenvalue weighted by Gasteiger charge is -2.29. The number of morpholine rings is 1. The molecular formula is C15H23IN4O. The molecule has 0 amide bonds. The van der Waals surface area contributed by atoms with E-state index in [4.69, 9.17) is 14.7 Å². The summed E-state index contributed by atoms with van der Waals surface area (Å²) in [5.74, 6) is 2.37. The molecule has 6 heteroatoms. The SMILES string of the molecule is CNc1nc(C2CN(C)CCO2)nc(C2CCCC2)c1I. The van der Waals surface area contributed by atoms with E-state index >= 15 is 0 Å². The van der Waals surface area contributed by atoms with Gasteiger partial charge >= 0.3 is 0 Å². The first-order chi connectivity index (χ1) is 10.2. The highest BCUT2D eigenvalue weighted by Crippen LogP contribution is 2.37. The minimum atomic E-state index is -0.00648. The third-order valence-electron chi connectivity index (χ3n) is 4.43. The largest absolute Gasteiger partial charge is 0.372 e. The zero-order valence-corrected chi connectivity index (χ0v) is 14.9. The Morgan fingerprint density at radius 1 is 1.29 bits per heavy atom. The van der Waals surface area contributed by atoms with Crippen LogP contribution in [0.2, 0.25) is 0 Å².